The Morgan fingerprint density at radius 1 is 1.15 bits per heavy atom. The van der Waals surface area contributed by atoms with E-state index in [1.54, 1.807) is 25.6 Å². The van der Waals surface area contributed by atoms with Crippen LogP contribution in [0.4, 0.5) is 0 Å². The molecule has 1 atom stereocenters. The fourth-order valence-electron chi connectivity index (χ4n) is 2.17. The molecular weight excluding hydrogens is 404 g/mol. The van der Waals surface area contributed by atoms with Crippen LogP contribution in [0.3, 0.4) is 0 Å². The monoisotopic (exact) mass is 418 g/mol. The lowest BCUT2D eigenvalue weighted by Crippen LogP contribution is -2.01. The van der Waals surface area contributed by atoms with E-state index in [1.165, 1.54) is 10.4 Å². The van der Waals surface area contributed by atoms with E-state index in [-0.39, 0.29) is 4.83 Å². The summed E-state index contributed by atoms with van der Waals surface area (Å²) in [4.78, 5) is 1.28. The summed E-state index contributed by atoms with van der Waals surface area (Å²) >= 11 is 9.10. The predicted molar refractivity (Wildman–Crippen MR) is 91.8 cm³/mol. The first-order chi connectivity index (χ1) is 9.49. The van der Waals surface area contributed by atoms with Gasteiger partial charge in [0.1, 0.15) is 11.5 Å². The van der Waals surface area contributed by atoms with Crippen LogP contribution in [-0.2, 0) is 0 Å². The van der Waals surface area contributed by atoms with E-state index in [4.69, 9.17) is 9.47 Å². The Balaban J connectivity index is 2.55. The van der Waals surface area contributed by atoms with Crippen molar-refractivity contribution in [3.8, 4) is 11.5 Å². The molecule has 1 unspecified atom stereocenters. The van der Waals surface area contributed by atoms with Crippen molar-refractivity contribution >= 4 is 43.2 Å². The highest BCUT2D eigenvalue weighted by molar-refractivity contribution is 9.10. The van der Waals surface area contributed by atoms with Gasteiger partial charge in [0.2, 0.25) is 0 Å². The van der Waals surface area contributed by atoms with Crippen LogP contribution in [0.1, 0.15) is 26.4 Å². The van der Waals surface area contributed by atoms with Crippen molar-refractivity contribution in [1.29, 1.82) is 0 Å². The molecule has 0 aliphatic carbocycles. The van der Waals surface area contributed by atoms with Gasteiger partial charge in [-0.1, -0.05) is 31.9 Å². The van der Waals surface area contributed by atoms with Crippen molar-refractivity contribution < 1.29 is 9.47 Å². The molecular formula is C15H16Br2O2S. The zero-order chi connectivity index (χ0) is 14.9. The summed E-state index contributed by atoms with van der Waals surface area (Å²) in [5.74, 6) is 1.82. The number of methoxy groups -OCH3 is 2. The van der Waals surface area contributed by atoms with Crippen LogP contribution in [-0.4, -0.2) is 14.2 Å². The second-order valence-electron chi connectivity index (χ2n) is 4.50. The van der Waals surface area contributed by atoms with E-state index in [0.717, 1.165) is 27.1 Å². The van der Waals surface area contributed by atoms with Gasteiger partial charge in [0.15, 0.2) is 0 Å². The Hall–Kier alpha value is -0.520. The van der Waals surface area contributed by atoms with E-state index in [0.29, 0.717) is 0 Å². The number of alkyl halides is 1. The Bertz CT molecular complexity index is 623. The quantitative estimate of drug-likeness (QED) is 0.598. The molecule has 2 rings (SSSR count). The minimum absolute atomic E-state index is 0.0857. The lowest BCUT2D eigenvalue weighted by Gasteiger charge is -2.19. The normalized spacial score (nSPS) is 12.3. The maximum atomic E-state index is 5.61. The Morgan fingerprint density at radius 3 is 2.40 bits per heavy atom. The van der Waals surface area contributed by atoms with Crippen molar-refractivity contribution in [2.45, 2.75) is 18.7 Å². The fraction of sp³-hybridized carbons (Fsp3) is 0.333. The molecule has 20 heavy (non-hydrogen) atoms. The largest absolute Gasteiger partial charge is 0.496 e. The van der Waals surface area contributed by atoms with Gasteiger partial charge in [-0.25, -0.2) is 0 Å². The lowest BCUT2D eigenvalue weighted by atomic mass is 10.00. The molecule has 0 aliphatic heterocycles. The number of rotatable bonds is 4. The summed E-state index contributed by atoms with van der Waals surface area (Å²) in [6, 6.07) is 4.14. The molecule has 1 aromatic carbocycles. The first-order valence-corrected chi connectivity index (χ1v) is 8.68. The summed E-state index contributed by atoms with van der Waals surface area (Å²) in [5, 5.41) is 2.01. The van der Waals surface area contributed by atoms with Crippen LogP contribution in [0.25, 0.3) is 0 Å². The highest BCUT2D eigenvalue weighted by atomic mass is 79.9. The number of benzene rings is 1. The van der Waals surface area contributed by atoms with E-state index in [1.807, 2.05) is 5.38 Å². The van der Waals surface area contributed by atoms with Gasteiger partial charge in [-0.2, -0.15) is 0 Å². The van der Waals surface area contributed by atoms with Gasteiger partial charge in [0, 0.05) is 20.3 Å². The molecule has 0 radical (unpaired) electrons. The van der Waals surface area contributed by atoms with Gasteiger partial charge in [0.25, 0.3) is 0 Å². The highest BCUT2D eigenvalue weighted by Crippen LogP contribution is 2.45. The van der Waals surface area contributed by atoms with Crippen molar-refractivity contribution in [3.63, 3.8) is 0 Å². The molecule has 0 spiro atoms. The molecule has 0 fully saturated rings. The molecule has 108 valence electrons. The van der Waals surface area contributed by atoms with Crippen LogP contribution < -0.4 is 9.47 Å². The molecule has 2 nitrogen and oxygen atoms in total. The zero-order valence-corrected chi connectivity index (χ0v) is 15.8. The van der Waals surface area contributed by atoms with Crippen LogP contribution in [0.15, 0.2) is 22.0 Å². The maximum absolute atomic E-state index is 5.61. The molecule has 0 saturated carbocycles. The SMILES string of the molecule is COc1csc(C(Br)c2c(C)c(Br)cc(C)c2OC)c1. The van der Waals surface area contributed by atoms with Gasteiger partial charge >= 0.3 is 0 Å². The van der Waals surface area contributed by atoms with E-state index < -0.39 is 0 Å². The number of ether oxygens (including phenoxy) is 2. The number of hydrogen-bond donors (Lipinski definition) is 0. The van der Waals surface area contributed by atoms with E-state index in [9.17, 15) is 0 Å². The highest BCUT2D eigenvalue weighted by Gasteiger charge is 2.22. The van der Waals surface area contributed by atoms with Crippen molar-refractivity contribution in [1.82, 2.24) is 0 Å². The minimum Gasteiger partial charge on any atom is -0.496 e. The third kappa shape index (κ3) is 2.90. The van der Waals surface area contributed by atoms with Crippen molar-refractivity contribution in [2.75, 3.05) is 14.2 Å². The maximum Gasteiger partial charge on any atom is 0.129 e. The third-order valence-electron chi connectivity index (χ3n) is 3.25. The van der Waals surface area contributed by atoms with E-state index >= 15 is 0 Å². The topological polar surface area (TPSA) is 18.5 Å². The molecule has 0 saturated heterocycles. The number of thiophene rings is 1. The lowest BCUT2D eigenvalue weighted by molar-refractivity contribution is 0.406. The zero-order valence-electron chi connectivity index (χ0n) is 11.8. The van der Waals surface area contributed by atoms with Gasteiger partial charge in [-0.05, 0) is 37.1 Å². The van der Waals surface area contributed by atoms with Gasteiger partial charge in [-0.3, -0.25) is 0 Å². The summed E-state index contributed by atoms with van der Waals surface area (Å²) in [6.45, 7) is 4.15. The van der Waals surface area contributed by atoms with Crippen molar-refractivity contribution in [3.05, 3.63) is 43.6 Å². The first kappa shape index (κ1) is 15.9. The minimum atomic E-state index is 0.0857. The Morgan fingerprint density at radius 2 is 1.85 bits per heavy atom. The summed E-state index contributed by atoms with van der Waals surface area (Å²) < 4.78 is 12.0. The second-order valence-corrected chi connectivity index (χ2v) is 7.21. The summed E-state index contributed by atoms with van der Waals surface area (Å²) in [7, 11) is 3.40. The summed E-state index contributed by atoms with van der Waals surface area (Å²) in [5.41, 5.74) is 3.46. The molecule has 0 aliphatic rings. The molecule has 0 bridgehead atoms. The molecule has 0 amide bonds. The van der Waals surface area contributed by atoms with Gasteiger partial charge < -0.3 is 9.47 Å². The number of halogens is 2. The van der Waals surface area contributed by atoms with Crippen LogP contribution in [0.2, 0.25) is 0 Å². The average Bonchev–Trinajstić information content (AvgIpc) is 2.90. The van der Waals surface area contributed by atoms with Crippen LogP contribution >= 0.6 is 43.2 Å². The molecule has 1 aromatic heterocycles. The standard InChI is InChI=1S/C15H16Br2O2S/c1-8-5-11(16)9(2)13(15(8)19-4)14(17)12-6-10(18-3)7-20-12/h5-7,14H,1-4H3. The summed E-state index contributed by atoms with van der Waals surface area (Å²) in [6.07, 6.45) is 0. The van der Waals surface area contributed by atoms with Crippen LogP contribution in [0.5, 0.6) is 11.5 Å². The third-order valence-corrected chi connectivity index (χ3v) is 6.30. The predicted octanol–water partition coefficient (Wildman–Crippen LogP) is 5.63. The number of aryl methyl sites for hydroxylation is 1. The van der Waals surface area contributed by atoms with Crippen LogP contribution in [0, 0.1) is 13.8 Å². The Kier molecular flexibility index (Phi) is 5.15. The van der Waals surface area contributed by atoms with Gasteiger partial charge in [-0.15, -0.1) is 11.3 Å². The van der Waals surface area contributed by atoms with Gasteiger partial charge in [0.05, 0.1) is 19.0 Å². The van der Waals surface area contributed by atoms with Crippen molar-refractivity contribution in [2.24, 2.45) is 0 Å². The molecule has 1 heterocycles. The smallest absolute Gasteiger partial charge is 0.129 e. The first-order valence-electron chi connectivity index (χ1n) is 6.09. The fourth-order valence-corrected chi connectivity index (χ4v) is 4.57. The molecule has 0 N–H and O–H groups in total. The Labute approximate surface area is 140 Å². The molecule has 2 aromatic rings. The number of hydrogen-bond acceptors (Lipinski definition) is 3. The second kappa shape index (κ2) is 6.50. The molecule has 5 heteroatoms. The average molecular weight is 420 g/mol. The van der Waals surface area contributed by atoms with E-state index in [2.05, 4.69) is 57.8 Å².